The predicted molar refractivity (Wildman–Crippen MR) is 81.8 cm³/mol. The van der Waals surface area contributed by atoms with Gasteiger partial charge in [-0.15, -0.1) is 0 Å². The quantitative estimate of drug-likeness (QED) is 0.711. The molecule has 0 amide bonds. The van der Waals surface area contributed by atoms with Crippen LogP contribution in [-0.2, 0) is 17.8 Å². The zero-order chi connectivity index (χ0) is 14.8. The maximum Gasteiger partial charge on any atom is 0.156 e. The fraction of sp³-hybridized carbons (Fsp3) is 0.167. The molecule has 0 fully saturated rings. The molecule has 3 rings (SSSR count). The Morgan fingerprint density at radius 2 is 1.86 bits per heavy atom. The van der Waals surface area contributed by atoms with E-state index in [1.54, 1.807) is 12.1 Å². The minimum atomic E-state index is -0.280. The van der Waals surface area contributed by atoms with Gasteiger partial charge in [-0.05, 0) is 42.3 Å². The third kappa shape index (κ3) is 2.87. The number of carbonyl (C=O) groups excluding carboxylic acids is 1. The molecule has 21 heavy (non-hydrogen) atoms. The van der Waals surface area contributed by atoms with Crippen molar-refractivity contribution >= 4 is 16.7 Å². The fourth-order valence-corrected chi connectivity index (χ4v) is 2.59. The first-order valence-corrected chi connectivity index (χ1v) is 6.94. The third-order valence-corrected chi connectivity index (χ3v) is 3.69. The van der Waals surface area contributed by atoms with E-state index in [0.29, 0.717) is 13.0 Å². The molecule has 0 aliphatic rings. The van der Waals surface area contributed by atoms with Gasteiger partial charge in [0.1, 0.15) is 5.82 Å². The van der Waals surface area contributed by atoms with Gasteiger partial charge in [0.2, 0.25) is 0 Å². The number of hydrogen-bond donors (Lipinski definition) is 0. The van der Waals surface area contributed by atoms with Crippen LogP contribution >= 0.6 is 0 Å². The van der Waals surface area contributed by atoms with Crippen molar-refractivity contribution in [2.24, 2.45) is 0 Å². The van der Waals surface area contributed by atoms with Crippen molar-refractivity contribution in [1.82, 2.24) is 4.57 Å². The van der Waals surface area contributed by atoms with Crippen LogP contribution < -0.4 is 0 Å². The van der Waals surface area contributed by atoms with Crippen LogP contribution in [-0.4, -0.2) is 10.4 Å². The molecule has 3 heteroatoms. The summed E-state index contributed by atoms with van der Waals surface area (Å²) in [5.74, 6) is -0.168. The molecule has 0 aliphatic heterocycles. The Morgan fingerprint density at radius 3 is 2.62 bits per heavy atom. The molecular formula is C18H16FNO. The van der Waals surface area contributed by atoms with E-state index in [2.05, 4.69) is 13.0 Å². The summed E-state index contributed by atoms with van der Waals surface area (Å²) < 4.78 is 14.8. The third-order valence-electron chi connectivity index (χ3n) is 3.69. The van der Waals surface area contributed by atoms with Gasteiger partial charge in [0.25, 0.3) is 0 Å². The Labute approximate surface area is 122 Å². The van der Waals surface area contributed by atoms with Crippen LogP contribution in [0.4, 0.5) is 4.39 Å². The molecule has 0 atom stereocenters. The first-order valence-electron chi connectivity index (χ1n) is 6.94. The number of carbonyl (C=O) groups is 1. The molecule has 0 unspecified atom stereocenters. The Bertz CT molecular complexity index is 787. The summed E-state index contributed by atoms with van der Waals surface area (Å²) in [7, 11) is 0. The highest BCUT2D eigenvalue weighted by Crippen LogP contribution is 2.19. The van der Waals surface area contributed by atoms with Crippen LogP contribution in [0.25, 0.3) is 10.9 Å². The predicted octanol–water partition coefficient (Wildman–Crippen LogP) is 3.90. The number of Topliss-reactive ketones (excluding diaryl/α,β-unsaturated/α-hetero) is 1. The van der Waals surface area contributed by atoms with E-state index < -0.39 is 0 Å². The fourth-order valence-electron chi connectivity index (χ4n) is 2.59. The second kappa shape index (κ2) is 5.52. The van der Waals surface area contributed by atoms with Crippen LogP contribution in [0.2, 0.25) is 0 Å². The summed E-state index contributed by atoms with van der Waals surface area (Å²) in [6.07, 6.45) is 2.27. The summed E-state index contributed by atoms with van der Waals surface area (Å²) in [5, 5.41) is 1.17. The molecule has 0 aliphatic carbocycles. The lowest BCUT2D eigenvalue weighted by atomic mass is 10.1. The van der Waals surface area contributed by atoms with Crippen molar-refractivity contribution in [1.29, 1.82) is 0 Å². The number of benzene rings is 2. The lowest BCUT2D eigenvalue weighted by molar-refractivity contribution is -0.118. The number of halogens is 1. The van der Waals surface area contributed by atoms with Gasteiger partial charge in [-0.1, -0.05) is 24.3 Å². The van der Waals surface area contributed by atoms with Crippen LogP contribution in [0.15, 0.2) is 54.7 Å². The van der Waals surface area contributed by atoms with Crippen LogP contribution in [0, 0.1) is 12.7 Å². The smallest absolute Gasteiger partial charge is 0.156 e. The van der Waals surface area contributed by atoms with Crippen molar-refractivity contribution in [3.8, 4) is 0 Å². The molecule has 0 N–H and O–H groups in total. The molecule has 2 aromatic carbocycles. The van der Waals surface area contributed by atoms with Crippen molar-refractivity contribution in [3.63, 3.8) is 0 Å². The number of rotatable bonds is 4. The Kier molecular flexibility index (Phi) is 3.57. The van der Waals surface area contributed by atoms with Gasteiger partial charge in [-0.25, -0.2) is 4.39 Å². The van der Waals surface area contributed by atoms with Gasteiger partial charge in [0, 0.05) is 23.5 Å². The highest BCUT2D eigenvalue weighted by atomic mass is 19.1. The van der Waals surface area contributed by atoms with Gasteiger partial charge >= 0.3 is 0 Å². The van der Waals surface area contributed by atoms with E-state index in [9.17, 15) is 9.18 Å². The average molecular weight is 281 g/mol. The molecule has 1 heterocycles. The van der Waals surface area contributed by atoms with Gasteiger partial charge < -0.3 is 4.57 Å². The average Bonchev–Trinajstić information content (AvgIpc) is 2.86. The van der Waals surface area contributed by atoms with E-state index in [1.807, 2.05) is 29.0 Å². The molecule has 3 aromatic rings. The van der Waals surface area contributed by atoms with Gasteiger partial charge in [0.05, 0.1) is 6.54 Å². The first-order chi connectivity index (χ1) is 10.1. The highest BCUT2D eigenvalue weighted by Gasteiger charge is 2.08. The highest BCUT2D eigenvalue weighted by molar-refractivity contribution is 5.86. The number of nitrogens with zero attached hydrogens (tertiary/aromatic N) is 1. The number of aryl methyl sites for hydroxylation is 1. The minimum absolute atomic E-state index is 0.112. The number of aromatic nitrogens is 1. The SMILES string of the molecule is Cc1cccc2c1ccn2CC(=O)Cc1ccc(F)cc1. The van der Waals surface area contributed by atoms with Crippen molar-refractivity contribution in [2.75, 3.05) is 0 Å². The maximum absolute atomic E-state index is 12.9. The molecule has 0 saturated heterocycles. The van der Waals surface area contributed by atoms with Crippen molar-refractivity contribution < 1.29 is 9.18 Å². The Morgan fingerprint density at radius 1 is 1.10 bits per heavy atom. The van der Waals surface area contributed by atoms with E-state index >= 15 is 0 Å². The monoisotopic (exact) mass is 281 g/mol. The summed E-state index contributed by atoms with van der Waals surface area (Å²) in [5.41, 5.74) is 3.12. The second-order valence-corrected chi connectivity index (χ2v) is 5.29. The molecule has 106 valence electrons. The van der Waals surface area contributed by atoms with E-state index in [4.69, 9.17) is 0 Å². The normalized spacial score (nSPS) is 11.0. The zero-order valence-corrected chi connectivity index (χ0v) is 11.8. The summed E-state index contributed by atoms with van der Waals surface area (Å²) >= 11 is 0. The van der Waals surface area contributed by atoms with Gasteiger partial charge in [-0.2, -0.15) is 0 Å². The van der Waals surface area contributed by atoms with Crippen molar-refractivity contribution in [3.05, 3.63) is 71.7 Å². The van der Waals surface area contributed by atoms with E-state index in [0.717, 1.165) is 11.1 Å². The molecular weight excluding hydrogens is 265 g/mol. The number of hydrogen-bond acceptors (Lipinski definition) is 1. The van der Waals surface area contributed by atoms with Crippen LogP contribution in [0.5, 0.6) is 0 Å². The van der Waals surface area contributed by atoms with Gasteiger partial charge in [0.15, 0.2) is 5.78 Å². The molecule has 0 bridgehead atoms. The van der Waals surface area contributed by atoms with Gasteiger partial charge in [-0.3, -0.25) is 4.79 Å². The van der Waals surface area contributed by atoms with E-state index in [-0.39, 0.29) is 11.6 Å². The van der Waals surface area contributed by atoms with Crippen molar-refractivity contribution in [2.45, 2.75) is 19.9 Å². The minimum Gasteiger partial charge on any atom is -0.340 e. The lowest BCUT2D eigenvalue weighted by Crippen LogP contribution is -2.11. The lowest BCUT2D eigenvalue weighted by Gasteiger charge is -2.06. The zero-order valence-electron chi connectivity index (χ0n) is 11.8. The topological polar surface area (TPSA) is 22.0 Å². The van der Waals surface area contributed by atoms with E-state index in [1.165, 1.54) is 23.1 Å². The standard InChI is InChI=1S/C18H16FNO/c1-13-3-2-4-18-17(13)9-10-20(18)12-16(21)11-14-5-7-15(19)8-6-14/h2-10H,11-12H2,1H3. The molecule has 1 aromatic heterocycles. The first kappa shape index (κ1) is 13.6. The maximum atomic E-state index is 12.9. The molecule has 2 nitrogen and oxygen atoms in total. The van der Waals surface area contributed by atoms with Crippen LogP contribution in [0.1, 0.15) is 11.1 Å². The second-order valence-electron chi connectivity index (χ2n) is 5.29. The Balaban J connectivity index is 1.77. The molecule has 0 saturated carbocycles. The Hall–Kier alpha value is -2.42. The summed E-state index contributed by atoms with van der Waals surface area (Å²) in [4.78, 5) is 12.2. The molecule has 0 spiro atoms. The summed E-state index contributed by atoms with van der Waals surface area (Å²) in [6.45, 7) is 2.40. The number of ketones is 1. The van der Waals surface area contributed by atoms with Crippen LogP contribution in [0.3, 0.4) is 0 Å². The number of fused-ring (bicyclic) bond motifs is 1. The summed E-state index contributed by atoms with van der Waals surface area (Å²) in [6, 6.07) is 14.2. The molecule has 0 radical (unpaired) electrons. The largest absolute Gasteiger partial charge is 0.340 e.